The third kappa shape index (κ3) is 3.01. The molecule has 1 atom stereocenters. The normalized spacial score (nSPS) is 25.2. The molecule has 3 rings (SSSR count). The van der Waals surface area contributed by atoms with Gasteiger partial charge in [-0.1, -0.05) is 31.2 Å². The zero-order chi connectivity index (χ0) is 13.1. The van der Waals surface area contributed by atoms with Crippen LogP contribution < -0.4 is 5.32 Å². The molecule has 1 N–H and O–H groups in total. The highest BCUT2D eigenvalue weighted by molar-refractivity contribution is 5.32. The molecule has 1 saturated heterocycles. The van der Waals surface area contributed by atoms with Crippen molar-refractivity contribution in [2.45, 2.75) is 51.1 Å². The van der Waals surface area contributed by atoms with Gasteiger partial charge in [0.25, 0.3) is 0 Å². The van der Waals surface area contributed by atoms with Crippen molar-refractivity contribution in [2.75, 3.05) is 19.6 Å². The smallest absolute Gasteiger partial charge is 0.0325 e. The van der Waals surface area contributed by atoms with Gasteiger partial charge in [0.15, 0.2) is 0 Å². The molecule has 1 aromatic rings. The van der Waals surface area contributed by atoms with E-state index < -0.39 is 0 Å². The van der Waals surface area contributed by atoms with Crippen LogP contribution in [0.4, 0.5) is 0 Å². The Morgan fingerprint density at radius 2 is 1.95 bits per heavy atom. The van der Waals surface area contributed by atoms with Gasteiger partial charge in [-0.2, -0.15) is 0 Å². The van der Waals surface area contributed by atoms with Crippen LogP contribution in [0, 0.1) is 0 Å². The molecule has 0 radical (unpaired) electrons. The second-order valence-electron chi connectivity index (χ2n) is 6.02. The molecule has 1 aliphatic carbocycles. The van der Waals surface area contributed by atoms with Gasteiger partial charge in [0.05, 0.1) is 0 Å². The van der Waals surface area contributed by atoms with Gasteiger partial charge >= 0.3 is 0 Å². The lowest BCUT2D eigenvalue weighted by Gasteiger charge is -2.35. The van der Waals surface area contributed by atoms with Crippen LogP contribution in [0.5, 0.6) is 0 Å². The van der Waals surface area contributed by atoms with Gasteiger partial charge in [-0.3, -0.25) is 0 Å². The summed E-state index contributed by atoms with van der Waals surface area (Å²) in [6.45, 7) is 6.01. The predicted octanol–water partition coefficient (Wildman–Crippen LogP) is 3.14. The van der Waals surface area contributed by atoms with Crippen LogP contribution in [0.15, 0.2) is 24.3 Å². The molecule has 1 aliphatic heterocycles. The molecule has 0 spiro atoms. The Labute approximate surface area is 117 Å². The highest BCUT2D eigenvalue weighted by atomic mass is 15.1. The summed E-state index contributed by atoms with van der Waals surface area (Å²) in [4.78, 5) is 2.56. The third-order valence-corrected chi connectivity index (χ3v) is 4.84. The number of benzene rings is 1. The number of aryl methyl sites for hydroxylation is 1. The second-order valence-corrected chi connectivity index (χ2v) is 6.02. The van der Waals surface area contributed by atoms with Crippen LogP contribution in [-0.2, 0) is 6.42 Å². The first kappa shape index (κ1) is 13.1. The van der Waals surface area contributed by atoms with Gasteiger partial charge in [-0.25, -0.2) is 0 Å². The SMILES string of the molecule is CCN1CCC(NC2CCCc3ccccc32)CC1. The van der Waals surface area contributed by atoms with Crippen LogP contribution in [0.3, 0.4) is 0 Å². The number of nitrogens with zero attached hydrogens (tertiary/aromatic N) is 1. The van der Waals surface area contributed by atoms with Crippen LogP contribution in [0.1, 0.15) is 49.8 Å². The summed E-state index contributed by atoms with van der Waals surface area (Å²) in [6.07, 6.45) is 6.54. The van der Waals surface area contributed by atoms with Crippen molar-refractivity contribution in [1.29, 1.82) is 0 Å². The van der Waals surface area contributed by atoms with Crippen molar-refractivity contribution in [3.05, 3.63) is 35.4 Å². The Bertz CT molecular complexity index is 407. The Morgan fingerprint density at radius 1 is 1.16 bits per heavy atom. The molecule has 2 heteroatoms. The fourth-order valence-corrected chi connectivity index (χ4v) is 3.63. The van der Waals surface area contributed by atoms with Crippen LogP contribution in [-0.4, -0.2) is 30.6 Å². The van der Waals surface area contributed by atoms with E-state index in [1.54, 1.807) is 11.1 Å². The Balaban J connectivity index is 1.62. The first-order chi connectivity index (χ1) is 9.36. The predicted molar refractivity (Wildman–Crippen MR) is 80.4 cm³/mol. The molecular weight excluding hydrogens is 232 g/mol. The first-order valence-corrected chi connectivity index (χ1v) is 7.93. The van der Waals surface area contributed by atoms with E-state index >= 15 is 0 Å². The number of fused-ring (bicyclic) bond motifs is 1. The number of hydrogen-bond donors (Lipinski definition) is 1. The lowest BCUT2D eigenvalue weighted by molar-refractivity contribution is 0.196. The summed E-state index contributed by atoms with van der Waals surface area (Å²) in [7, 11) is 0. The third-order valence-electron chi connectivity index (χ3n) is 4.84. The monoisotopic (exact) mass is 258 g/mol. The van der Waals surface area contributed by atoms with E-state index in [1.807, 2.05) is 0 Å². The highest BCUT2D eigenvalue weighted by Crippen LogP contribution is 2.30. The lowest BCUT2D eigenvalue weighted by atomic mass is 9.87. The van der Waals surface area contributed by atoms with Gasteiger partial charge in [-0.05, 0) is 62.9 Å². The molecule has 2 aliphatic rings. The zero-order valence-corrected chi connectivity index (χ0v) is 12.1. The summed E-state index contributed by atoms with van der Waals surface area (Å²) < 4.78 is 0. The molecule has 19 heavy (non-hydrogen) atoms. The molecule has 0 aromatic heterocycles. The van der Waals surface area contributed by atoms with Gasteiger partial charge < -0.3 is 10.2 Å². The van der Waals surface area contributed by atoms with Crippen LogP contribution >= 0.6 is 0 Å². The van der Waals surface area contributed by atoms with Crippen molar-refractivity contribution in [2.24, 2.45) is 0 Å². The molecule has 1 unspecified atom stereocenters. The van der Waals surface area contributed by atoms with Crippen molar-refractivity contribution in [3.63, 3.8) is 0 Å². The molecule has 104 valence electrons. The fourth-order valence-electron chi connectivity index (χ4n) is 3.63. The average molecular weight is 258 g/mol. The minimum Gasteiger partial charge on any atom is -0.307 e. The number of rotatable bonds is 3. The van der Waals surface area contributed by atoms with Crippen molar-refractivity contribution in [1.82, 2.24) is 10.2 Å². The molecule has 1 heterocycles. The van der Waals surface area contributed by atoms with E-state index in [0.717, 1.165) is 6.04 Å². The van der Waals surface area contributed by atoms with E-state index in [-0.39, 0.29) is 0 Å². The molecule has 1 fully saturated rings. The summed E-state index contributed by atoms with van der Waals surface area (Å²) in [5.74, 6) is 0. The average Bonchev–Trinajstić information content (AvgIpc) is 2.48. The van der Waals surface area contributed by atoms with E-state index in [0.29, 0.717) is 6.04 Å². The van der Waals surface area contributed by atoms with E-state index in [1.165, 1.54) is 51.7 Å². The second kappa shape index (κ2) is 6.06. The summed E-state index contributed by atoms with van der Waals surface area (Å²) in [5.41, 5.74) is 3.13. The molecule has 2 nitrogen and oxygen atoms in total. The Morgan fingerprint density at radius 3 is 2.74 bits per heavy atom. The van der Waals surface area contributed by atoms with Crippen molar-refractivity contribution >= 4 is 0 Å². The standard InChI is InChI=1S/C17H26N2/c1-2-19-12-10-15(11-13-19)18-17-9-5-7-14-6-3-4-8-16(14)17/h3-4,6,8,15,17-18H,2,5,7,9-13H2,1H3. The van der Waals surface area contributed by atoms with E-state index in [9.17, 15) is 0 Å². The largest absolute Gasteiger partial charge is 0.307 e. The van der Waals surface area contributed by atoms with E-state index in [2.05, 4.69) is 41.4 Å². The summed E-state index contributed by atoms with van der Waals surface area (Å²) >= 11 is 0. The summed E-state index contributed by atoms with van der Waals surface area (Å²) in [6, 6.07) is 10.3. The lowest BCUT2D eigenvalue weighted by Crippen LogP contribution is -2.44. The Kier molecular flexibility index (Phi) is 4.19. The molecule has 1 aromatic carbocycles. The van der Waals surface area contributed by atoms with Gasteiger partial charge in [0, 0.05) is 12.1 Å². The zero-order valence-electron chi connectivity index (χ0n) is 12.1. The van der Waals surface area contributed by atoms with Crippen molar-refractivity contribution in [3.8, 4) is 0 Å². The molecular formula is C17H26N2. The fraction of sp³-hybridized carbons (Fsp3) is 0.647. The first-order valence-electron chi connectivity index (χ1n) is 7.93. The van der Waals surface area contributed by atoms with Gasteiger partial charge in [0.1, 0.15) is 0 Å². The maximum atomic E-state index is 3.93. The van der Waals surface area contributed by atoms with Gasteiger partial charge in [0.2, 0.25) is 0 Å². The molecule has 0 amide bonds. The number of piperidine rings is 1. The molecule has 0 bridgehead atoms. The Hall–Kier alpha value is -0.860. The van der Waals surface area contributed by atoms with Crippen LogP contribution in [0.2, 0.25) is 0 Å². The number of nitrogens with one attached hydrogen (secondary N) is 1. The van der Waals surface area contributed by atoms with Crippen molar-refractivity contribution < 1.29 is 0 Å². The maximum absolute atomic E-state index is 3.93. The quantitative estimate of drug-likeness (QED) is 0.896. The highest BCUT2D eigenvalue weighted by Gasteiger charge is 2.24. The minimum absolute atomic E-state index is 0.600. The maximum Gasteiger partial charge on any atom is 0.0325 e. The molecule has 0 saturated carbocycles. The van der Waals surface area contributed by atoms with E-state index in [4.69, 9.17) is 0 Å². The van der Waals surface area contributed by atoms with Crippen LogP contribution in [0.25, 0.3) is 0 Å². The topological polar surface area (TPSA) is 15.3 Å². The number of likely N-dealkylation sites (tertiary alicyclic amines) is 1. The number of hydrogen-bond acceptors (Lipinski definition) is 2. The van der Waals surface area contributed by atoms with Gasteiger partial charge in [-0.15, -0.1) is 0 Å². The summed E-state index contributed by atoms with van der Waals surface area (Å²) in [5, 5.41) is 3.93. The minimum atomic E-state index is 0.600.